The van der Waals surface area contributed by atoms with E-state index in [1.807, 2.05) is 20.8 Å². The average Bonchev–Trinajstić information content (AvgIpc) is 2.78. The summed E-state index contributed by atoms with van der Waals surface area (Å²) in [5.41, 5.74) is -0.429. The first-order chi connectivity index (χ1) is 9.31. The number of hydrogen-bond acceptors (Lipinski definition) is 4. The Hall–Kier alpha value is -0.870. The van der Waals surface area contributed by atoms with Crippen LogP contribution in [0.15, 0.2) is 17.5 Å². The summed E-state index contributed by atoms with van der Waals surface area (Å²) in [4.78, 5) is 13.5. The maximum atomic E-state index is 12.2. The van der Waals surface area contributed by atoms with Crippen molar-refractivity contribution in [3.63, 3.8) is 0 Å². The molecule has 0 aliphatic rings. The Labute approximate surface area is 126 Å². The third-order valence-electron chi connectivity index (χ3n) is 2.84. The van der Waals surface area contributed by atoms with Crippen molar-refractivity contribution in [1.29, 1.82) is 0 Å². The molecule has 2 atom stereocenters. The van der Waals surface area contributed by atoms with Gasteiger partial charge in [-0.1, -0.05) is 19.4 Å². The molecule has 0 amide bonds. The van der Waals surface area contributed by atoms with E-state index in [2.05, 4.69) is 36.7 Å². The molecule has 0 aromatic carbocycles. The minimum atomic E-state index is -0.429. The van der Waals surface area contributed by atoms with Gasteiger partial charge in [0.05, 0.1) is 0 Å². The van der Waals surface area contributed by atoms with Crippen LogP contribution in [0, 0.1) is 0 Å². The van der Waals surface area contributed by atoms with E-state index in [0.717, 1.165) is 19.3 Å². The van der Waals surface area contributed by atoms with Crippen LogP contribution in [0.1, 0.15) is 52.3 Å². The maximum absolute atomic E-state index is 12.2. The lowest BCUT2D eigenvalue weighted by molar-refractivity contribution is -0.157. The maximum Gasteiger partial charge on any atom is 0.323 e. The average molecular weight is 297 g/mol. The van der Waals surface area contributed by atoms with Crippen molar-refractivity contribution in [3.8, 4) is 0 Å². The molecule has 3 nitrogen and oxygen atoms in total. The number of esters is 1. The molecule has 1 aromatic rings. The molecule has 0 radical (unpaired) electrons. The number of carbonyl (C=O) groups excluding carboxylic acids is 1. The van der Waals surface area contributed by atoms with Gasteiger partial charge in [-0.2, -0.15) is 0 Å². The Morgan fingerprint density at radius 1 is 1.45 bits per heavy atom. The van der Waals surface area contributed by atoms with Crippen molar-refractivity contribution in [2.45, 2.75) is 71.6 Å². The molecule has 1 N–H and O–H groups in total. The SMILES string of the molecule is CCCC(NC(C)Cc1cccs1)C(=O)OC(C)(C)C. The van der Waals surface area contributed by atoms with E-state index in [-0.39, 0.29) is 18.1 Å². The van der Waals surface area contributed by atoms with E-state index in [1.54, 1.807) is 11.3 Å². The van der Waals surface area contributed by atoms with E-state index in [1.165, 1.54) is 4.88 Å². The molecule has 0 saturated carbocycles. The minimum absolute atomic E-state index is 0.141. The van der Waals surface area contributed by atoms with Gasteiger partial charge >= 0.3 is 5.97 Å². The number of nitrogens with one attached hydrogen (secondary N) is 1. The predicted molar refractivity (Wildman–Crippen MR) is 85.2 cm³/mol. The molecule has 2 unspecified atom stereocenters. The van der Waals surface area contributed by atoms with Crippen molar-refractivity contribution in [2.75, 3.05) is 0 Å². The molecule has 0 aliphatic carbocycles. The minimum Gasteiger partial charge on any atom is -0.459 e. The summed E-state index contributed by atoms with van der Waals surface area (Å²) in [6.07, 6.45) is 2.72. The summed E-state index contributed by atoms with van der Waals surface area (Å²) in [6, 6.07) is 4.24. The molecule has 0 saturated heterocycles. The van der Waals surface area contributed by atoms with Crippen LogP contribution in [0.4, 0.5) is 0 Å². The van der Waals surface area contributed by atoms with Gasteiger partial charge in [0.25, 0.3) is 0 Å². The Morgan fingerprint density at radius 2 is 2.15 bits per heavy atom. The quantitative estimate of drug-likeness (QED) is 0.778. The topological polar surface area (TPSA) is 38.3 Å². The van der Waals surface area contributed by atoms with Gasteiger partial charge in [0, 0.05) is 10.9 Å². The number of thiophene rings is 1. The fourth-order valence-corrected chi connectivity index (χ4v) is 2.90. The molecular formula is C16H27NO2S. The van der Waals surface area contributed by atoms with Crippen molar-refractivity contribution >= 4 is 17.3 Å². The number of rotatable bonds is 7. The molecular weight excluding hydrogens is 270 g/mol. The molecule has 20 heavy (non-hydrogen) atoms. The molecule has 0 bridgehead atoms. The van der Waals surface area contributed by atoms with Crippen molar-refractivity contribution in [2.24, 2.45) is 0 Å². The van der Waals surface area contributed by atoms with Crippen LogP contribution >= 0.6 is 11.3 Å². The van der Waals surface area contributed by atoms with Gasteiger partial charge in [0.1, 0.15) is 11.6 Å². The second-order valence-electron chi connectivity index (χ2n) is 6.23. The predicted octanol–water partition coefficient (Wildman–Crippen LogP) is 3.78. The second kappa shape index (κ2) is 7.79. The Bertz CT molecular complexity index is 395. The number of carbonyl (C=O) groups is 1. The Morgan fingerprint density at radius 3 is 2.65 bits per heavy atom. The highest BCUT2D eigenvalue weighted by Gasteiger charge is 2.25. The molecule has 0 spiro atoms. The molecule has 0 aliphatic heterocycles. The van der Waals surface area contributed by atoms with Gasteiger partial charge in [0.15, 0.2) is 0 Å². The van der Waals surface area contributed by atoms with E-state index >= 15 is 0 Å². The van der Waals surface area contributed by atoms with Crippen molar-refractivity contribution < 1.29 is 9.53 Å². The van der Waals surface area contributed by atoms with Gasteiger partial charge < -0.3 is 10.1 Å². The van der Waals surface area contributed by atoms with Gasteiger partial charge in [-0.05, 0) is 52.0 Å². The lowest BCUT2D eigenvalue weighted by atomic mass is 10.1. The summed E-state index contributed by atoms with van der Waals surface area (Å²) in [5, 5.41) is 5.49. The highest BCUT2D eigenvalue weighted by molar-refractivity contribution is 7.09. The highest BCUT2D eigenvalue weighted by atomic mass is 32.1. The van der Waals surface area contributed by atoms with Gasteiger partial charge in [-0.3, -0.25) is 4.79 Å². The lowest BCUT2D eigenvalue weighted by Crippen LogP contribution is -2.45. The largest absolute Gasteiger partial charge is 0.459 e. The normalized spacial score (nSPS) is 14.8. The van der Waals surface area contributed by atoms with Gasteiger partial charge in [-0.15, -0.1) is 11.3 Å². The van der Waals surface area contributed by atoms with E-state index < -0.39 is 5.60 Å². The van der Waals surface area contributed by atoms with Crippen molar-refractivity contribution in [3.05, 3.63) is 22.4 Å². The Balaban J connectivity index is 2.55. The summed E-state index contributed by atoms with van der Waals surface area (Å²) < 4.78 is 5.49. The molecule has 1 aromatic heterocycles. The Kier molecular flexibility index (Phi) is 6.69. The summed E-state index contributed by atoms with van der Waals surface area (Å²) in [7, 11) is 0. The van der Waals surface area contributed by atoms with E-state index in [0.29, 0.717) is 0 Å². The standard InChI is InChI=1S/C16H27NO2S/c1-6-8-14(15(18)19-16(3,4)5)17-12(2)11-13-9-7-10-20-13/h7,9-10,12,14,17H,6,8,11H2,1-5H3. The third kappa shape index (κ3) is 6.53. The summed E-state index contributed by atoms with van der Waals surface area (Å²) in [6.45, 7) is 9.92. The number of ether oxygens (including phenoxy) is 1. The smallest absolute Gasteiger partial charge is 0.323 e. The molecule has 1 heterocycles. The van der Waals surface area contributed by atoms with Gasteiger partial charge in [-0.25, -0.2) is 0 Å². The zero-order valence-electron chi connectivity index (χ0n) is 13.2. The third-order valence-corrected chi connectivity index (χ3v) is 3.74. The van der Waals surface area contributed by atoms with Crippen LogP contribution in [0.2, 0.25) is 0 Å². The molecule has 114 valence electrons. The van der Waals surface area contributed by atoms with E-state index in [9.17, 15) is 4.79 Å². The zero-order valence-corrected chi connectivity index (χ0v) is 14.0. The summed E-state index contributed by atoms with van der Waals surface area (Å²) >= 11 is 1.75. The van der Waals surface area contributed by atoms with Crippen LogP contribution in [0.25, 0.3) is 0 Å². The zero-order chi connectivity index (χ0) is 15.2. The summed E-state index contributed by atoms with van der Waals surface area (Å²) in [5.74, 6) is -0.141. The first-order valence-corrected chi connectivity index (χ1v) is 8.21. The first-order valence-electron chi connectivity index (χ1n) is 7.33. The monoisotopic (exact) mass is 297 g/mol. The van der Waals surface area contributed by atoms with Crippen LogP contribution in [-0.4, -0.2) is 23.7 Å². The van der Waals surface area contributed by atoms with Crippen LogP contribution in [0.3, 0.4) is 0 Å². The van der Waals surface area contributed by atoms with Crippen LogP contribution in [0.5, 0.6) is 0 Å². The number of hydrogen-bond donors (Lipinski definition) is 1. The van der Waals surface area contributed by atoms with Crippen LogP contribution < -0.4 is 5.32 Å². The fourth-order valence-electron chi connectivity index (χ4n) is 2.06. The first kappa shape index (κ1) is 17.2. The highest BCUT2D eigenvalue weighted by Crippen LogP contribution is 2.14. The van der Waals surface area contributed by atoms with Crippen molar-refractivity contribution in [1.82, 2.24) is 5.32 Å². The molecule has 0 fully saturated rings. The lowest BCUT2D eigenvalue weighted by Gasteiger charge is -2.26. The molecule has 1 rings (SSSR count). The van der Waals surface area contributed by atoms with Crippen LogP contribution in [-0.2, 0) is 16.0 Å². The van der Waals surface area contributed by atoms with E-state index in [4.69, 9.17) is 4.74 Å². The van der Waals surface area contributed by atoms with Gasteiger partial charge in [0.2, 0.25) is 0 Å². The fraction of sp³-hybridized carbons (Fsp3) is 0.688. The second-order valence-corrected chi connectivity index (χ2v) is 7.26. The molecule has 4 heteroatoms.